The summed E-state index contributed by atoms with van der Waals surface area (Å²) in [7, 11) is 0. The van der Waals surface area contributed by atoms with Gasteiger partial charge in [-0.2, -0.15) is 0 Å². The Morgan fingerprint density at radius 2 is 2.24 bits per heavy atom. The summed E-state index contributed by atoms with van der Waals surface area (Å²) in [5.74, 6) is 0. The van der Waals surface area contributed by atoms with Crippen LogP contribution in [0.5, 0.6) is 0 Å². The highest BCUT2D eigenvalue weighted by atomic mass is 32.1. The molecule has 0 fully saturated rings. The molecule has 0 radical (unpaired) electrons. The lowest BCUT2D eigenvalue weighted by atomic mass is 10.3. The Labute approximate surface area is 125 Å². The minimum absolute atomic E-state index is 0.223. The molecule has 2 heterocycles. The van der Waals surface area contributed by atoms with Crippen molar-refractivity contribution in [1.82, 2.24) is 19.9 Å². The van der Waals surface area contributed by atoms with Crippen molar-refractivity contribution in [3.63, 3.8) is 0 Å². The van der Waals surface area contributed by atoms with Crippen molar-refractivity contribution in [2.45, 2.75) is 13.0 Å². The molecule has 0 spiro atoms. The molecular formula is C14H15N5OS. The number of para-hydroxylation sites is 1. The van der Waals surface area contributed by atoms with E-state index < -0.39 is 0 Å². The maximum absolute atomic E-state index is 11.8. The lowest BCUT2D eigenvalue weighted by Crippen LogP contribution is -2.29. The molecule has 2 aromatic heterocycles. The third kappa shape index (κ3) is 3.57. The van der Waals surface area contributed by atoms with E-state index in [1.165, 1.54) is 11.3 Å². The molecule has 7 heteroatoms. The number of hydrogen-bond donors (Lipinski definition) is 2. The zero-order valence-electron chi connectivity index (χ0n) is 11.3. The van der Waals surface area contributed by atoms with Gasteiger partial charge < -0.3 is 9.88 Å². The molecule has 1 aromatic carbocycles. The first-order chi connectivity index (χ1) is 10.3. The standard InChI is InChI=1S/C14H15N5OS/c20-13(16-6-3-8-19-9-7-15-10-19)18-14-17-11-4-1-2-5-12(11)21-14/h1-2,4-5,7,9-10H,3,6,8H2,(H2,16,17,18,20). The highest BCUT2D eigenvalue weighted by Gasteiger charge is 2.06. The predicted octanol–water partition coefficient (Wildman–Crippen LogP) is 2.70. The summed E-state index contributed by atoms with van der Waals surface area (Å²) in [6.45, 7) is 1.44. The van der Waals surface area contributed by atoms with Gasteiger partial charge in [-0.25, -0.2) is 14.8 Å². The van der Waals surface area contributed by atoms with Crippen LogP contribution in [0.4, 0.5) is 9.93 Å². The number of carbonyl (C=O) groups excluding carboxylic acids is 1. The van der Waals surface area contributed by atoms with E-state index in [0.717, 1.165) is 23.2 Å². The summed E-state index contributed by atoms with van der Waals surface area (Å²) in [5, 5.41) is 6.20. The zero-order valence-corrected chi connectivity index (χ0v) is 12.1. The Balaban J connectivity index is 1.45. The van der Waals surface area contributed by atoms with E-state index in [-0.39, 0.29) is 6.03 Å². The Morgan fingerprint density at radius 3 is 3.05 bits per heavy atom. The lowest BCUT2D eigenvalue weighted by molar-refractivity contribution is 0.252. The molecule has 0 atom stereocenters. The Kier molecular flexibility index (Phi) is 4.11. The summed E-state index contributed by atoms with van der Waals surface area (Å²) < 4.78 is 3.04. The molecule has 2 N–H and O–H groups in total. The van der Waals surface area contributed by atoms with Gasteiger partial charge in [0.25, 0.3) is 0 Å². The van der Waals surface area contributed by atoms with E-state index in [1.54, 1.807) is 12.5 Å². The molecule has 3 aromatic rings. The average molecular weight is 301 g/mol. The van der Waals surface area contributed by atoms with Gasteiger partial charge in [0.15, 0.2) is 5.13 Å². The second-order valence-corrected chi connectivity index (χ2v) is 5.55. The largest absolute Gasteiger partial charge is 0.338 e. The smallest absolute Gasteiger partial charge is 0.321 e. The lowest BCUT2D eigenvalue weighted by Gasteiger charge is -2.05. The van der Waals surface area contributed by atoms with Gasteiger partial charge in [-0.3, -0.25) is 5.32 Å². The normalized spacial score (nSPS) is 10.7. The maximum atomic E-state index is 11.8. The summed E-state index contributed by atoms with van der Waals surface area (Å²) in [6.07, 6.45) is 6.26. The number of aryl methyl sites for hydroxylation is 1. The summed E-state index contributed by atoms with van der Waals surface area (Å²) in [6, 6.07) is 7.59. The van der Waals surface area contributed by atoms with Crippen LogP contribution in [0.25, 0.3) is 10.2 Å². The number of thiazole rings is 1. The highest BCUT2D eigenvalue weighted by Crippen LogP contribution is 2.25. The van der Waals surface area contributed by atoms with E-state index in [2.05, 4.69) is 20.6 Å². The van der Waals surface area contributed by atoms with E-state index >= 15 is 0 Å². The summed E-state index contributed by atoms with van der Waals surface area (Å²) >= 11 is 1.47. The topological polar surface area (TPSA) is 71.8 Å². The number of imidazole rings is 1. The second kappa shape index (κ2) is 6.36. The van der Waals surface area contributed by atoms with Gasteiger partial charge in [0.1, 0.15) is 0 Å². The first kappa shape index (κ1) is 13.6. The number of carbonyl (C=O) groups is 1. The van der Waals surface area contributed by atoms with Crippen molar-refractivity contribution in [2.75, 3.05) is 11.9 Å². The van der Waals surface area contributed by atoms with Crippen LogP contribution < -0.4 is 10.6 Å². The van der Waals surface area contributed by atoms with Gasteiger partial charge in [0, 0.05) is 25.5 Å². The number of nitrogens with zero attached hydrogens (tertiary/aromatic N) is 3. The van der Waals surface area contributed by atoms with Crippen molar-refractivity contribution < 1.29 is 4.79 Å². The minimum atomic E-state index is -0.223. The van der Waals surface area contributed by atoms with E-state index in [1.807, 2.05) is 35.0 Å². The van der Waals surface area contributed by atoms with Crippen LogP contribution in [0.15, 0.2) is 43.0 Å². The van der Waals surface area contributed by atoms with Crippen LogP contribution in [0.3, 0.4) is 0 Å². The van der Waals surface area contributed by atoms with E-state index in [0.29, 0.717) is 11.7 Å². The van der Waals surface area contributed by atoms with Gasteiger partial charge in [0.05, 0.1) is 16.5 Å². The first-order valence-electron chi connectivity index (χ1n) is 6.67. The first-order valence-corrected chi connectivity index (χ1v) is 7.49. The number of aromatic nitrogens is 3. The number of urea groups is 1. The molecule has 3 rings (SSSR count). The van der Waals surface area contributed by atoms with E-state index in [4.69, 9.17) is 0 Å². The monoisotopic (exact) mass is 301 g/mol. The van der Waals surface area contributed by atoms with Gasteiger partial charge in [-0.1, -0.05) is 23.5 Å². The van der Waals surface area contributed by atoms with Crippen LogP contribution in [0.2, 0.25) is 0 Å². The number of fused-ring (bicyclic) bond motifs is 1. The predicted molar refractivity (Wildman–Crippen MR) is 83.5 cm³/mol. The Bertz CT molecular complexity index is 689. The summed E-state index contributed by atoms with van der Waals surface area (Å²) in [4.78, 5) is 20.1. The molecule has 0 saturated heterocycles. The van der Waals surface area contributed by atoms with Crippen molar-refractivity contribution in [3.8, 4) is 0 Å². The molecule has 0 bridgehead atoms. The average Bonchev–Trinajstić information content (AvgIpc) is 3.12. The zero-order chi connectivity index (χ0) is 14.5. The number of benzene rings is 1. The Hall–Kier alpha value is -2.41. The molecule has 0 aliphatic heterocycles. The maximum Gasteiger partial charge on any atom is 0.321 e. The molecule has 2 amide bonds. The van der Waals surface area contributed by atoms with Gasteiger partial charge in [-0.15, -0.1) is 0 Å². The van der Waals surface area contributed by atoms with Gasteiger partial charge in [0.2, 0.25) is 0 Å². The molecule has 0 aliphatic rings. The third-order valence-corrected chi connectivity index (χ3v) is 3.90. The van der Waals surface area contributed by atoms with Gasteiger partial charge >= 0.3 is 6.03 Å². The van der Waals surface area contributed by atoms with Crippen molar-refractivity contribution in [3.05, 3.63) is 43.0 Å². The highest BCUT2D eigenvalue weighted by molar-refractivity contribution is 7.22. The molecule has 6 nitrogen and oxygen atoms in total. The number of nitrogens with one attached hydrogen (secondary N) is 2. The Morgan fingerprint density at radius 1 is 1.33 bits per heavy atom. The van der Waals surface area contributed by atoms with Crippen LogP contribution in [0, 0.1) is 0 Å². The quantitative estimate of drug-likeness (QED) is 0.712. The van der Waals surface area contributed by atoms with E-state index in [9.17, 15) is 4.79 Å². The van der Waals surface area contributed by atoms with Crippen molar-refractivity contribution in [2.24, 2.45) is 0 Å². The van der Waals surface area contributed by atoms with Crippen molar-refractivity contribution in [1.29, 1.82) is 0 Å². The number of hydrogen-bond acceptors (Lipinski definition) is 4. The number of amides is 2. The number of rotatable bonds is 5. The number of anilines is 1. The minimum Gasteiger partial charge on any atom is -0.338 e. The fourth-order valence-corrected chi connectivity index (χ4v) is 2.81. The molecule has 108 valence electrons. The van der Waals surface area contributed by atoms with Gasteiger partial charge in [-0.05, 0) is 18.6 Å². The van der Waals surface area contributed by atoms with Crippen LogP contribution in [-0.2, 0) is 6.54 Å². The summed E-state index contributed by atoms with van der Waals surface area (Å²) in [5.41, 5.74) is 0.901. The molecule has 0 aliphatic carbocycles. The molecule has 0 saturated carbocycles. The molecule has 0 unspecified atom stereocenters. The third-order valence-electron chi connectivity index (χ3n) is 2.95. The fraction of sp³-hybridized carbons (Fsp3) is 0.214. The van der Waals surface area contributed by atoms with Crippen molar-refractivity contribution >= 4 is 32.7 Å². The molecule has 21 heavy (non-hydrogen) atoms. The van der Waals surface area contributed by atoms with Crippen LogP contribution in [-0.4, -0.2) is 27.1 Å². The SMILES string of the molecule is O=C(NCCCn1ccnc1)Nc1nc2ccccc2s1. The van der Waals surface area contributed by atoms with Crippen LogP contribution >= 0.6 is 11.3 Å². The fourth-order valence-electron chi connectivity index (χ4n) is 1.95. The molecular weight excluding hydrogens is 286 g/mol. The second-order valence-electron chi connectivity index (χ2n) is 4.52. The van der Waals surface area contributed by atoms with Crippen LogP contribution in [0.1, 0.15) is 6.42 Å².